The Bertz CT molecular complexity index is 610. The van der Waals surface area contributed by atoms with E-state index in [1.54, 1.807) is 11.3 Å². The first-order chi connectivity index (χ1) is 10.1. The van der Waals surface area contributed by atoms with Gasteiger partial charge in [-0.15, -0.1) is 11.3 Å². The molecule has 0 radical (unpaired) electrons. The van der Waals surface area contributed by atoms with Crippen LogP contribution in [0.2, 0.25) is 0 Å². The lowest BCUT2D eigenvalue weighted by molar-refractivity contribution is -0.136. The highest BCUT2D eigenvalue weighted by molar-refractivity contribution is 7.18. The lowest BCUT2D eigenvalue weighted by atomic mass is 10.1. The molecule has 0 unspecified atom stereocenters. The van der Waals surface area contributed by atoms with E-state index in [1.165, 1.54) is 4.70 Å². The minimum Gasteiger partial charge on any atom is -0.367 e. The summed E-state index contributed by atoms with van der Waals surface area (Å²) in [5, 5.41) is 1.13. The van der Waals surface area contributed by atoms with Crippen LogP contribution in [0.1, 0.15) is 11.9 Å². The summed E-state index contributed by atoms with van der Waals surface area (Å²) >= 11 is 1.74. The van der Waals surface area contributed by atoms with Gasteiger partial charge in [-0.2, -0.15) is 0 Å². The number of nitrogens with zero attached hydrogens (tertiary/aromatic N) is 2. The first-order valence-electron chi connectivity index (χ1n) is 7.13. The van der Waals surface area contributed by atoms with Gasteiger partial charge in [0.1, 0.15) is 6.10 Å². The largest absolute Gasteiger partial charge is 0.367 e. The van der Waals surface area contributed by atoms with Crippen LogP contribution in [0.3, 0.4) is 0 Å². The third-order valence-corrected chi connectivity index (χ3v) is 4.91. The number of morpholine rings is 1. The molecule has 0 spiro atoms. The van der Waals surface area contributed by atoms with E-state index in [2.05, 4.69) is 22.9 Å². The van der Waals surface area contributed by atoms with Crippen LogP contribution in [0.4, 0.5) is 0 Å². The van der Waals surface area contributed by atoms with Gasteiger partial charge in [0.2, 0.25) is 5.91 Å². The van der Waals surface area contributed by atoms with Crippen molar-refractivity contribution >= 4 is 27.5 Å². The number of aromatic nitrogens is 1. The van der Waals surface area contributed by atoms with Gasteiger partial charge < -0.3 is 10.5 Å². The smallest absolute Gasteiger partial charge is 0.247 e. The van der Waals surface area contributed by atoms with Crippen molar-refractivity contribution in [2.75, 3.05) is 19.7 Å². The van der Waals surface area contributed by atoms with Crippen LogP contribution in [0.5, 0.6) is 0 Å². The van der Waals surface area contributed by atoms with Crippen LogP contribution in [0.15, 0.2) is 24.3 Å². The summed E-state index contributed by atoms with van der Waals surface area (Å²) in [7, 11) is 0. The Balaban J connectivity index is 1.67. The van der Waals surface area contributed by atoms with E-state index < -0.39 is 6.10 Å². The molecular formula is C15H19N3O2S. The average molecular weight is 305 g/mol. The van der Waals surface area contributed by atoms with E-state index in [4.69, 9.17) is 10.5 Å². The Morgan fingerprint density at radius 1 is 1.57 bits per heavy atom. The summed E-state index contributed by atoms with van der Waals surface area (Å²) < 4.78 is 6.61. The van der Waals surface area contributed by atoms with Crippen molar-refractivity contribution in [1.82, 2.24) is 9.88 Å². The maximum absolute atomic E-state index is 11.3. The maximum Gasteiger partial charge on any atom is 0.247 e. The lowest BCUT2D eigenvalue weighted by Gasteiger charge is -2.35. The monoisotopic (exact) mass is 305 g/mol. The summed E-state index contributed by atoms with van der Waals surface area (Å²) in [6.07, 6.45) is 0.391. The molecule has 0 aliphatic carbocycles. The zero-order chi connectivity index (χ0) is 14.8. The first-order valence-corrected chi connectivity index (χ1v) is 7.94. The number of fused-ring (bicyclic) bond motifs is 1. The molecule has 3 rings (SSSR count). The number of amides is 1. The molecule has 112 valence electrons. The van der Waals surface area contributed by atoms with Crippen LogP contribution < -0.4 is 5.73 Å². The molecule has 1 aliphatic rings. The van der Waals surface area contributed by atoms with Gasteiger partial charge in [0.05, 0.1) is 21.8 Å². The van der Waals surface area contributed by atoms with E-state index >= 15 is 0 Å². The number of rotatable bonds is 4. The fourth-order valence-corrected chi connectivity index (χ4v) is 3.72. The lowest BCUT2D eigenvalue weighted by Crippen LogP contribution is -2.51. The quantitative estimate of drug-likeness (QED) is 0.927. The second kappa shape index (κ2) is 6.09. The van der Waals surface area contributed by atoms with Crippen molar-refractivity contribution in [3.05, 3.63) is 29.3 Å². The minimum absolute atomic E-state index is 0.316. The van der Waals surface area contributed by atoms with Gasteiger partial charge in [0.15, 0.2) is 0 Å². The van der Waals surface area contributed by atoms with Crippen LogP contribution >= 0.6 is 11.3 Å². The van der Waals surface area contributed by atoms with E-state index in [1.807, 2.05) is 18.2 Å². The minimum atomic E-state index is -0.489. The molecule has 2 aromatic rings. The number of hydrogen-bond acceptors (Lipinski definition) is 5. The Morgan fingerprint density at radius 3 is 3.14 bits per heavy atom. The molecular weight excluding hydrogens is 286 g/mol. The van der Waals surface area contributed by atoms with E-state index in [0.29, 0.717) is 19.2 Å². The third kappa shape index (κ3) is 3.23. The molecule has 5 nitrogen and oxygen atoms in total. The first kappa shape index (κ1) is 14.4. The standard InChI is InChI=1S/C15H19N3O2S/c1-10(18-6-7-20-12(9-18)15(16)19)8-14-17-11-4-2-3-5-13(11)21-14/h2-5,10,12H,6-9H2,1H3,(H2,16,19)/t10-,12+/m0/s1. The zero-order valence-electron chi connectivity index (χ0n) is 12.0. The summed E-state index contributed by atoms with van der Waals surface area (Å²) in [5.74, 6) is -0.383. The van der Waals surface area contributed by atoms with Crippen LogP contribution in [-0.4, -0.2) is 47.6 Å². The highest BCUT2D eigenvalue weighted by Gasteiger charge is 2.27. The number of carbonyl (C=O) groups excluding carboxylic acids is 1. The number of para-hydroxylation sites is 1. The fraction of sp³-hybridized carbons (Fsp3) is 0.467. The van der Waals surface area contributed by atoms with Gasteiger partial charge in [-0.1, -0.05) is 12.1 Å². The normalized spacial score (nSPS) is 21.5. The zero-order valence-corrected chi connectivity index (χ0v) is 12.8. The van der Waals surface area contributed by atoms with Gasteiger partial charge in [-0.3, -0.25) is 9.69 Å². The van der Waals surface area contributed by atoms with Crippen molar-refractivity contribution in [1.29, 1.82) is 0 Å². The van der Waals surface area contributed by atoms with Crippen molar-refractivity contribution < 1.29 is 9.53 Å². The topological polar surface area (TPSA) is 68.5 Å². The van der Waals surface area contributed by atoms with Gasteiger partial charge >= 0.3 is 0 Å². The van der Waals surface area contributed by atoms with Gasteiger partial charge in [0, 0.05) is 25.6 Å². The summed E-state index contributed by atoms with van der Waals surface area (Å²) in [5.41, 5.74) is 6.39. The second-order valence-corrected chi connectivity index (χ2v) is 6.50. The number of primary amides is 1. The molecule has 21 heavy (non-hydrogen) atoms. The molecule has 1 aliphatic heterocycles. The van der Waals surface area contributed by atoms with Gasteiger partial charge in [-0.25, -0.2) is 4.98 Å². The predicted octanol–water partition coefficient (Wildman–Crippen LogP) is 1.41. The molecule has 0 bridgehead atoms. The third-order valence-electron chi connectivity index (χ3n) is 3.85. The molecule has 1 aromatic heterocycles. The highest BCUT2D eigenvalue weighted by atomic mass is 32.1. The SMILES string of the molecule is C[C@@H](Cc1nc2ccccc2s1)N1CCO[C@@H](C(N)=O)C1. The fourth-order valence-electron chi connectivity index (χ4n) is 2.63. The number of carbonyl (C=O) groups is 1. The highest BCUT2D eigenvalue weighted by Crippen LogP contribution is 2.23. The Labute approximate surface area is 127 Å². The average Bonchev–Trinajstić information content (AvgIpc) is 2.89. The van der Waals surface area contributed by atoms with Crippen LogP contribution in [-0.2, 0) is 16.0 Å². The van der Waals surface area contributed by atoms with Crippen LogP contribution in [0, 0.1) is 0 Å². The summed E-state index contributed by atoms with van der Waals surface area (Å²) in [4.78, 5) is 18.2. The van der Waals surface area contributed by atoms with Crippen molar-refractivity contribution in [3.63, 3.8) is 0 Å². The number of ether oxygens (including phenoxy) is 1. The number of hydrogen-bond donors (Lipinski definition) is 1. The molecule has 2 N–H and O–H groups in total. The summed E-state index contributed by atoms with van der Waals surface area (Å²) in [6.45, 7) is 4.12. The molecule has 2 heterocycles. The van der Waals surface area contributed by atoms with Gasteiger partial charge in [-0.05, 0) is 19.1 Å². The maximum atomic E-state index is 11.3. The second-order valence-electron chi connectivity index (χ2n) is 5.39. The number of benzene rings is 1. The number of nitrogens with two attached hydrogens (primary N) is 1. The van der Waals surface area contributed by atoms with Crippen molar-refractivity contribution in [2.45, 2.75) is 25.5 Å². The molecule has 2 atom stereocenters. The Hall–Kier alpha value is -1.50. The van der Waals surface area contributed by atoms with Gasteiger partial charge in [0.25, 0.3) is 0 Å². The van der Waals surface area contributed by atoms with Crippen LogP contribution in [0.25, 0.3) is 10.2 Å². The molecule has 1 amide bonds. The summed E-state index contributed by atoms with van der Waals surface area (Å²) in [6, 6.07) is 8.50. The molecule has 1 fully saturated rings. The molecule has 1 aromatic carbocycles. The van der Waals surface area contributed by atoms with Crippen molar-refractivity contribution in [2.24, 2.45) is 5.73 Å². The van der Waals surface area contributed by atoms with E-state index in [-0.39, 0.29) is 5.91 Å². The number of thiazole rings is 1. The Kier molecular flexibility index (Phi) is 4.19. The molecule has 6 heteroatoms. The van der Waals surface area contributed by atoms with E-state index in [9.17, 15) is 4.79 Å². The molecule has 0 saturated carbocycles. The Morgan fingerprint density at radius 2 is 2.38 bits per heavy atom. The molecule has 1 saturated heterocycles. The van der Waals surface area contributed by atoms with E-state index in [0.717, 1.165) is 23.5 Å². The van der Waals surface area contributed by atoms with Crippen molar-refractivity contribution in [3.8, 4) is 0 Å². The predicted molar refractivity (Wildman–Crippen MR) is 83.3 cm³/mol.